The van der Waals surface area contributed by atoms with E-state index in [9.17, 15) is 9.59 Å². The van der Waals surface area contributed by atoms with E-state index in [0.29, 0.717) is 19.6 Å². The molecule has 0 fully saturated rings. The van der Waals surface area contributed by atoms with Crippen LogP contribution in [0.3, 0.4) is 0 Å². The molecule has 20 heavy (non-hydrogen) atoms. The normalized spacial score (nSPS) is 12.3. The van der Waals surface area contributed by atoms with Crippen LogP contribution in [-0.2, 0) is 16.1 Å². The van der Waals surface area contributed by atoms with Crippen molar-refractivity contribution in [2.45, 2.75) is 26.8 Å². The van der Waals surface area contributed by atoms with Gasteiger partial charge in [0.1, 0.15) is 0 Å². The summed E-state index contributed by atoms with van der Waals surface area (Å²) < 4.78 is 0. The molecule has 2 N–H and O–H groups in total. The Labute approximate surface area is 118 Å². The molecule has 110 valence electrons. The maximum Gasteiger partial charge on any atom is 0.307 e. The molecule has 0 radical (unpaired) electrons. The van der Waals surface area contributed by atoms with Crippen LogP contribution in [0.4, 0.5) is 0 Å². The lowest BCUT2D eigenvalue weighted by Crippen LogP contribution is -2.33. The Balaban J connectivity index is 2.67. The second-order valence-electron chi connectivity index (χ2n) is 5.10. The second-order valence-corrected chi connectivity index (χ2v) is 5.10. The molecule has 0 amide bonds. The lowest BCUT2D eigenvalue weighted by molar-refractivity contribution is -0.141. The van der Waals surface area contributed by atoms with E-state index >= 15 is 0 Å². The Hall–Kier alpha value is -1.88. The summed E-state index contributed by atoms with van der Waals surface area (Å²) in [6.45, 7) is 4.88. The van der Waals surface area contributed by atoms with Crippen molar-refractivity contribution in [2.75, 3.05) is 13.1 Å². The number of nitrogens with zero attached hydrogens (tertiary/aromatic N) is 1. The maximum atomic E-state index is 10.9. The number of hydrogen-bond donors (Lipinski definition) is 2. The summed E-state index contributed by atoms with van der Waals surface area (Å²) in [6, 6.07) is 7.94. The van der Waals surface area contributed by atoms with E-state index in [2.05, 4.69) is 0 Å². The highest BCUT2D eigenvalue weighted by Crippen LogP contribution is 2.10. The molecule has 5 nitrogen and oxygen atoms in total. The highest BCUT2D eigenvalue weighted by atomic mass is 16.4. The Morgan fingerprint density at radius 2 is 1.80 bits per heavy atom. The lowest BCUT2D eigenvalue weighted by atomic mass is 10.1. The fraction of sp³-hybridized carbons (Fsp3) is 0.467. The number of aryl methyl sites for hydroxylation is 1. The van der Waals surface area contributed by atoms with Crippen molar-refractivity contribution in [1.82, 2.24) is 4.90 Å². The highest BCUT2D eigenvalue weighted by molar-refractivity contribution is 5.69. The molecule has 1 aromatic carbocycles. The first-order chi connectivity index (χ1) is 9.38. The van der Waals surface area contributed by atoms with Gasteiger partial charge in [-0.2, -0.15) is 0 Å². The molecule has 1 unspecified atom stereocenters. The minimum absolute atomic E-state index is 0.0121. The molecule has 0 bridgehead atoms. The molecule has 0 saturated carbocycles. The van der Waals surface area contributed by atoms with E-state index in [0.717, 1.165) is 11.1 Å². The molecule has 1 atom stereocenters. The zero-order valence-corrected chi connectivity index (χ0v) is 11.9. The zero-order chi connectivity index (χ0) is 15.1. The standard InChI is InChI=1S/C15H21NO4/c1-11-3-5-13(6-4-11)10-16(8-7-14(17)18)9-12(2)15(19)20/h3-6,12H,7-10H2,1-2H3,(H,17,18)(H,19,20). The Bertz CT molecular complexity index is 455. The molecule has 0 aliphatic carbocycles. The van der Waals surface area contributed by atoms with Crippen LogP contribution < -0.4 is 0 Å². The largest absolute Gasteiger partial charge is 0.481 e. The predicted octanol–water partition coefficient (Wildman–Crippen LogP) is 1.99. The Kier molecular flexibility index (Phi) is 6.18. The molecule has 0 aliphatic heterocycles. The Morgan fingerprint density at radius 3 is 2.30 bits per heavy atom. The summed E-state index contributed by atoms with van der Waals surface area (Å²) in [5.74, 6) is -2.26. The van der Waals surface area contributed by atoms with Gasteiger partial charge in [0.2, 0.25) is 0 Å². The van der Waals surface area contributed by atoms with Crippen LogP contribution in [0.15, 0.2) is 24.3 Å². The first kappa shape index (κ1) is 16.2. The van der Waals surface area contributed by atoms with Crippen molar-refractivity contribution in [3.8, 4) is 0 Å². The van der Waals surface area contributed by atoms with Gasteiger partial charge in [-0.25, -0.2) is 0 Å². The van der Waals surface area contributed by atoms with E-state index in [4.69, 9.17) is 10.2 Å². The number of carboxylic acids is 2. The van der Waals surface area contributed by atoms with Crippen molar-refractivity contribution < 1.29 is 19.8 Å². The number of benzene rings is 1. The van der Waals surface area contributed by atoms with E-state index in [1.54, 1.807) is 6.92 Å². The van der Waals surface area contributed by atoms with Gasteiger partial charge in [-0.3, -0.25) is 14.5 Å². The molecule has 1 rings (SSSR count). The smallest absolute Gasteiger partial charge is 0.307 e. The third-order valence-electron chi connectivity index (χ3n) is 3.12. The average molecular weight is 279 g/mol. The molecule has 0 aromatic heterocycles. The van der Waals surface area contributed by atoms with E-state index in [-0.39, 0.29) is 6.42 Å². The average Bonchev–Trinajstić information content (AvgIpc) is 2.38. The fourth-order valence-electron chi connectivity index (χ4n) is 1.91. The first-order valence-corrected chi connectivity index (χ1v) is 6.61. The van der Waals surface area contributed by atoms with Crippen molar-refractivity contribution >= 4 is 11.9 Å². The topological polar surface area (TPSA) is 77.8 Å². The van der Waals surface area contributed by atoms with Crippen molar-refractivity contribution in [2.24, 2.45) is 5.92 Å². The molecule has 5 heteroatoms. The summed E-state index contributed by atoms with van der Waals surface area (Å²) >= 11 is 0. The third kappa shape index (κ3) is 5.84. The predicted molar refractivity (Wildman–Crippen MR) is 75.5 cm³/mol. The number of aliphatic carboxylic acids is 2. The van der Waals surface area contributed by atoms with Crippen LogP contribution in [0.25, 0.3) is 0 Å². The van der Waals surface area contributed by atoms with Gasteiger partial charge in [-0.15, -0.1) is 0 Å². The van der Waals surface area contributed by atoms with Crippen LogP contribution in [0.1, 0.15) is 24.5 Å². The van der Waals surface area contributed by atoms with E-state index in [1.165, 1.54) is 0 Å². The summed E-state index contributed by atoms with van der Waals surface area (Å²) in [6.07, 6.45) is 0.0121. The second kappa shape index (κ2) is 7.65. The summed E-state index contributed by atoms with van der Waals surface area (Å²) in [4.78, 5) is 23.5. The van der Waals surface area contributed by atoms with Gasteiger partial charge in [0, 0.05) is 19.6 Å². The number of hydrogen-bond acceptors (Lipinski definition) is 3. The molecular weight excluding hydrogens is 258 g/mol. The van der Waals surface area contributed by atoms with Gasteiger partial charge in [0.05, 0.1) is 12.3 Å². The van der Waals surface area contributed by atoms with Gasteiger partial charge in [-0.1, -0.05) is 36.8 Å². The van der Waals surface area contributed by atoms with E-state index in [1.807, 2.05) is 36.1 Å². The SMILES string of the molecule is Cc1ccc(CN(CCC(=O)O)CC(C)C(=O)O)cc1. The molecule has 0 spiro atoms. The minimum Gasteiger partial charge on any atom is -0.481 e. The van der Waals surface area contributed by atoms with Crippen molar-refractivity contribution in [3.63, 3.8) is 0 Å². The van der Waals surface area contributed by atoms with E-state index < -0.39 is 17.9 Å². The van der Waals surface area contributed by atoms with Crippen LogP contribution in [0, 0.1) is 12.8 Å². The first-order valence-electron chi connectivity index (χ1n) is 6.61. The fourth-order valence-corrected chi connectivity index (χ4v) is 1.91. The number of rotatable bonds is 8. The van der Waals surface area contributed by atoms with Gasteiger partial charge >= 0.3 is 11.9 Å². The lowest BCUT2D eigenvalue weighted by Gasteiger charge is -2.23. The third-order valence-corrected chi connectivity index (χ3v) is 3.12. The maximum absolute atomic E-state index is 10.9. The van der Waals surface area contributed by atoms with Crippen molar-refractivity contribution in [3.05, 3.63) is 35.4 Å². The summed E-state index contributed by atoms with van der Waals surface area (Å²) in [5.41, 5.74) is 2.21. The van der Waals surface area contributed by atoms with Crippen molar-refractivity contribution in [1.29, 1.82) is 0 Å². The van der Waals surface area contributed by atoms with Crippen LogP contribution >= 0.6 is 0 Å². The summed E-state index contributed by atoms with van der Waals surface area (Å²) in [7, 11) is 0. The molecule has 0 saturated heterocycles. The Morgan fingerprint density at radius 1 is 1.20 bits per heavy atom. The molecule has 0 aliphatic rings. The quantitative estimate of drug-likeness (QED) is 0.761. The molecular formula is C15H21NO4. The number of carbonyl (C=O) groups is 2. The van der Waals surface area contributed by atoms with Gasteiger partial charge in [-0.05, 0) is 12.5 Å². The minimum atomic E-state index is -0.873. The highest BCUT2D eigenvalue weighted by Gasteiger charge is 2.17. The van der Waals surface area contributed by atoms with Gasteiger partial charge < -0.3 is 10.2 Å². The van der Waals surface area contributed by atoms with Gasteiger partial charge in [0.25, 0.3) is 0 Å². The van der Waals surface area contributed by atoms with Crippen LogP contribution in [0.2, 0.25) is 0 Å². The molecule has 0 heterocycles. The summed E-state index contributed by atoms with van der Waals surface area (Å²) in [5, 5.41) is 17.7. The monoisotopic (exact) mass is 279 g/mol. The van der Waals surface area contributed by atoms with Gasteiger partial charge in [0.15, 0.2) is 0 Å². The van der Waals surface area contributed by atoms with Crippen LogP contribution in [-0.4, -0.2) is 40.1 Å². The molecule has 1 aromatic rings. The zero-order valence-electron chi connectivity index (χ0n) is 11.9. The van der Waals surface area contributed by atoms with Crippen LogP contribution in [0.5, 0.6) is 0 Å². The number of carboxylic acid groups (broad SMARTS) is 2.